The van der Waals surface area contributed by atoms with E-state index in [2.05, 4.69) is 226 Å². The van der Waals surface area contributed by atoms with E-state index >= 15 is 0 Å². The van der Waals surface area contributed by atoms with Crippen LogP contribution in [-0.4, -0.2) is 0 Å². The van der Waals surface area contributed by atoms with Gasteiger partial charge in [0.25, 0.3) is 0 Å². The van der Waals surface area contributed by atoms with Crippen molar-refractivity contribution in [1.29, 1.82) is 0 Å². The fraction of sp³-hybridized carbons (Fsp3) is 0.0652. The predicted molar refractivity (Wildman–Crippen MR) is 216 cm³/mol. The van der Waals surface area contributed by atoms with Crippen molar-refractivity contribution in [3.05, 3.63) is 226 Å². The second-order valence-electron chi connectivity index (χ2n) is 11.2. The van der Waals surface area contributed by atoms with Crippen LogP contribution in [0.4, 0.5) is 0 Å². The number of rotatable bonds is 6. The minimum Gasteiger partial charge on any atom is -0.148 e. The van der Waals surface area contributed by atoms with E-state index in [0.29, 0.717) is 0 Å². The zero-order valence-electron chi connectivity index (χ0n) is 29.2. The Kier molecular flexibility index (Phi) is 21.0. The van der Waals surface area contributed by atoms with Gasteiger partial charge in [-0.1, -0.05) is 133 Å². The first-order valence-corrected chi connectivity index (χ1v) is 20.1. The van der Waals surface area contributed by atoms with Gasteiger partial charge in [0, 0.05) is 17.1 Å². The molecule has 6 aromatic rings. The third-order valence-electron chi connectivity index (χ3n) is 8.17. The molecule has 1 radical (unpaired) electrons. The average molecular weight is 772 g/mol. The van der Waals surface area contributed by atoms with E-state index in [1.807, 2.05) is 0 Å². The molecule has 0 saturated carbocycles. The van der Waals surface area contributed by atoms with E-state index < -0.39 is 14.1 Å². The molecular weight excluding hydrogens is 731 g/mol. The van der Waals surface area contributed by atoms with E-state index in [1.165, 1.54) is 51.1 Å². The zero-order chi connectivity index (χ0) is 37.3. The maximum absolute atomic E-state index is 7.50. The van der Waals surface area contributed by atoms with Crippen LogP contribution in [0.5, 0.6) is 0 Å². The van der Waals surface area contributed by atoms with Crippen molar-refractivity contribution < 1.29 is 31.0 Å². The number of allylic oxidation sites excluding steroid dienone is 4. The smallest absolute Gasteiger partial charge is 0.148 e. The first-order chi connectivity index (χ1) is 25.8. The normalized spacial score (nSPS) is 11.1. The van der Waals surface area contributed by atoms with Gasteiger partial charge in [-0.2, -0.15) is 0 Å². The molecule has 0 heterocycles. The zero-order valence-corrected chi connectivity index (χ0v) is 32.2. The fourth-order valence-corrected chi connectivity index (χ4v) is 15.5. The van der Waals surface area contributed by atoms with Gasteiger partial charge in [-0.25, -0.2) is 0 Å². The van der Waals surface area contributed by atoms with Gasteiger partial charge in [-0.3, -0.25) is 0 Å². The van der Waals surface area contributed by atoms with Crippen molar-refractivity contribution in [2.24, 2.45) is 0 Å². The third kappa shape index (κ3) is 11.3. The molecule has 1 aliphatic carbocycles. The fourth-order valence-electron chi connectivity index (χ4n) is 5.97. The Morgan fingerprint density at radius 3 is 0.717 bits per heavy atom. The number of nitrogens with zero attached hydrogens (tertiary/aromatic N) is 1. The molecule has 1 aliphatic rings. The molecule has 6 aromatic carbocycles. The largest absolute Gasteiger partial charge is 0.301 e. The second kappa shape index (κ2) is 25.1. The Morgan fingerprint density at radius 2 is 0.528 bits per heavy atom. The summed E-state index contributed by atoms with van der Waals surface area (Å²) in [5.41, 5.74) is 0. The van der Waals surface area contributed by atoms with Crippen molar-refractivity contribution in [2.45, 2.75) is 19.3 Å². The Morgan fingerprint density at radius 1 is 0.340 bits per heavy atom. The molecular formula is C46H40MnNO3P2+. The van der Waals surface area contributed by atoms with Gasteiger partial charge in [0.2, 0.25) is 0 Å². The van der Waals surface area contributed by atoms with Crippen LogP contribution in [-0.2, 0) is 31.0 Å². The van der Waals surface area contributed by atoms with Crippen LogP contribution in [0.15, 0.2) is 206 Å². The van der Waals surface area contributed by atoms with Gasteiger partial charge in [-0.05, 0) is 92.1 Å². The minimum atomic E-state index is -2.50. The molecule has 0 atom stereocenters. The summed E-state index contributed by atoms with van der Waals surface area (Å²) in [5, 5.41) is 7.55. The number of hydrogen-bond donors (Lipinski definition) is 0. The summed E-state index contributed by atoms with van der Waals surface area (Å²) in [4.78, 5) is 0. The molecule has 0 saturated heterocycles. The van der Waals surface area contributed by atoms with Crippen molar-refractivity contribution in [2.75, 3.05) is 0 Å². The van der Waals surface area contributed by atoms with Crippen molar-refractivity contribution in [3.63, 3.8) is 0 Å². The van der Waals surface area contributed by atoms with E-state index in [4.69, 9.17) is 18.1 Å². The Labute approximate surface area is 325 Å². The summed E-state index contributed by atoms with van der Waals surface area (Å²) in [7, 11) is -4.99. The van der Waals surface area contributed by atoms with Crippen molar-refractivity contribution >= 4 is 45.9 Å². The molecule has 0 unspecified atom stereocenters. The van der Waals surface area contributed by atoms with Crippen LogP contribution in [0, 0.1) is 20.0 Å². The molecule has 7 rings (SSSR count). The summed E-state index contributed by atoms with van der Waals surface area (Å²) < 4.78 is 28.9. The predicted octanol–water partition coefficient (Wildman–Crippen LogP) is 8.58. The summed E-state index contributed by atoms with van der Waals surface area (Å²) in [6.07, 6.45) is 12.5. The first-order valence-electron chi connectivity index (χ1n) is 16.6. The van der Waals surface area contributed by atoms with Gasteiger partial charge >= 0.3 is 48.0 Å². The molecule has 7 heteroatoms. The Hall–Kier alpha value is -4.89. The maximum Gasteiger partial charge on any atom is 0.301 e. The molecule has 0 fully saturated rings. The van der Waals surface area contributed by atoms with E-state index in [0.717, 1.165) is 0 Å². The summed E-state index contributed by atoms with van der Waals surface area (Å²) in [5.74, 6) is 0. The van der Waals surface area contributed by atoms with Gasteiger partial charge in [0.05, 0.1) is 31.8 Å². The van der Waals surface area contributed by atoms with E-state index in [-0.39, 0.29) is 17.1 Å². The summed E-state index contributed by atoms with van der Waals surface area (Å²) >= 11 is 0. The van der Waals surface area contributed by atoms with Crippen LogP contribution in [0.1, 0.15) is 19.3 Å². The summed E-state index contributed by atoms with van der Waals surface area (Å²) in [6, 6.07) is 65.7. The van der Waals surface area contributed by atoms with Gasteiger partial charge in [0.1, 0.15) is 0 Å². The SMILES string of the molecule is C1=CCCCC=C1.[C-]#[O+].[C-]#[O+].[C-]#[O+].[Mn].c1ccc(P(=[N+]=P(c2ccccc2)(c2ccccc2)c2ccccc2)(c2ccccc2)c2ccccc2)cc1. The molecule has 4 nitrogen and oxygen atoms in total. The van der Waals surface area contributed by atoms with E-state index in [9.17, 15) is 0 Å². The molecule has 0 N–H and O–H groups in total. The monoisotopic (exact) mass is 771 g/mol. The minimum absolute atomic E-state index is 0. The van der Waals surface area contributed by atoms with Crippen molar-refractivity contribution in [3.8, 4) is 0 Å². The van der Waals surface area contributed by atoms with Crippen LogP contribution in [0.2, 0.25) is 0 Å². The van der Waals surface area contributed by atoms with Crippen LogP contribution in [0.25, 0.3) is 0 Å². The Balaban J connectivity index is 0.000000604. The molecule has 0 aromatic heterocycles. The quantitative estimate of drug-likeness (QED) is 0.0536. The topological polar surface area (TPSA) is 73.8 Å². The number of benzene rings is 6. The molecule has 0 spiro atoms. The molecule has 263 valence electrons. The first kappa shape index (κ1) is 44.3. The van der Waals surface area contributed by atoms with Gasteiger partial charge in [0.15, 0.2) is 0 Å². The van der Waals surface area contributed by atoms with E-state index in [1.54, 1.807) is 0 Å². The molecule has 0 amide bonds. The second-order valence-corrected chi connectivity index (χ2v) is 17.5. The maximum atomic E-state index is 7.50. The molecule has 53 heavy (non-hydrogen) atoms. The van der Waals surface area contributed by atoms with Crippen LogP contribution < -0.4 is 36.0 Å². The standard InChI is InChI=1S/C36H30NP2.C7H10.3CO.Mn/c1-7-19-31(20-8-1)38(32-21-9-2-10-22-32,33-23-11-3-12-24-33)37-39(34-25-13-4-14-26-34,35-27-15-5-16-28-35)36-29-17-6-18-30-36;1-2-4-6-7-5-3-1;3*1-2;/h1-30H;1-4H,5-7H2;;;;/q+1;;;;;. The van der Waals surface area contributed by atoms with Gasteiger partial charge in [-0.15, -0.1) is 4.17 Å². The van der Waals surface area contributed by atoms with Crippen LogP contribution >= 0.6 is 14.1 Å². The van der Waals surface area contributed by atoms with Gasteiger partial charge < -0.3 is 0 Å². The van der Waals surface area contributed by atoms with Crippen molar-refractivity contribution in [1.82, 2.24) is 4.17 Å². The third-order valence-corrected chi connectivity index (χ3v) is 16.6. The summed E-state index contributed by atoms with van der Waals surface area (Å²) in [6.45, 7) is 13.5. The van der Waals surface area contributed by atoms with Crippen LogP contribution in [0.3, 0.4) is 0 Å². The molecule has 0 aliphatic heterocycles. The Bertz CT molecular complexity index is 1780. The molecule has 0 bridgehead atoms. The average Bonchev–Trinajstić information content (AvgIpc) is 3.60. The number of hydrogen-bond acceptors (Lipinski definition) is 0.